The first kappa shape index (κ1) is 11.0. The zero-order chi connectivity index (χ0) is 10.1. The van der Waals surface area contributed by atoms with Gasteiger partial charge in [-0.05, 0) is 46.6 Å². The molecule has 0 aliphatic heterocycles. The van der Waals surface area contributed by atoms with Crippen molar-refractivity contribution in [2.24, 2.45) is 0 Å². The smallest absolute Gasteiger partial charge is 0.0695 e. The van der Waals surface area contributed by atoms with E-state index < -0.39 is 0 Å². The highest BCUT2D eigenvalue weighted by Gasteiger charge is 2.34. The van der Waals surface area contributed by atoms with E-state index in [4.69, 9.17) is 0 Å². The summed E-state index contributed by atoms with van der Waals surface area (Å²) in [5.74, 6) is 0. The fourth-order valence-corrected chi connectivity index (χ4v) is 2.07. The van der Waals surface area contributed by atoms with Gasteiger partial charge < -0.3 is 5.11 Å². The van der Waals surface area contributed by atoms with Gasteiger partial charge in [0.2, 0.25) is 0 Å². The van der Waals surface area contributed by atoms with Crippen LogP contribution < -0.4 is 0 Å². The van der Waals surface area contributed by atoms with E-state index in [9.17, 15) is 5.11 Å². The molecule has 0 radical (unpaired) electrons. The van der Waals surface area contributed by atoms with Crippen LogP contribution in [0.3, 0.4) is 0 Å². The molecule has 0 aromatic heterocycles. The van der Waals surface area contributed by atoms with E-state index in [1.165, 1.54) is 6.42 Å². The summed E-state index contributed by atoms with van der Waals surface area (Å²) in [6, 6.07) is 0.384. The normalized spacial score (nSPS) is 30.0. The first-order valence-corrected chi connectivity index (χ1v) is 5.40. The van der Waals surface area contributed by atoms with Crippen molar-refractivity contribution < 1.29 is 5.11 Å². The van der Waals surface area contributed by atoms with Crippen molar-refractivity contribution in [2.75, 3.05) is 7.05 Å². The lowest BCUT2D eigenvalue weighted by Crippen LogP contribution is -2.49. The molecule has 1 rings (SSSR count). The molecule has 0 aromatic carbocycles. The predicted molar refractivity (Wildman–Crippen MR) is 55.8 cm³/mol. The molecular formula is C11H23NO. The molecule has 13 heavy (non-hydrogen) atoms. The maximum atomic E-state index is 9.78. The second-order valence-electron chi connectivity index (χ2n) is 4.84. The van der Waals surface area contributed by atoms with Gasteiger partial charge in [-0.3, -0.25) is 4.90 Å². The second-order valence-corrected chi connectivity index (χ2v) is 4.84. The van der Waals surface area contributed by atoms with Crippen molar-refractivity contribution in [3.05, 3.63) is 0 Å². The van der Waals surface area contributed by atoms with E-state index in [1.54, 1.807) is 0 Å². The Morgan fingerprint density at radius 1 is 1.38 bits per heavy atom. The van der Waals surface area contributed by atoms with E-state index in [1.807, 2.05) is 0 Å². The van der Waals surface area contributed by atoms with Crippen molar-refractivity contribution in [1.82, 2.24) is 4.90 Å². The quantitative estimate of drug-likeness (QED) is 0.727. The minimum atomic E-state index is -0.101. The lowest BCUT2D eigenvalue weighted by Gasteiger charge is -2.40. The van der Waals surface area contributed by atoms with Crippen molar-refractivity contribution in [3.63, 3.8) is 0 Å². The summed E-state index contributed by atoms with van der Waals surface area (Å²) in [5, 5.41) is 9.78. The van der Waals surface area contributed by atoms with Crippen molar-refractivity contribution in [1.29, 1.82) is 0 Å². The largest absolute Gasteiger partial charge is 0.391 e. The molecule has 0 bridgehead atoms. The van der Waals surface area contributed by atoms with Crippen LogP contribution in [0.1, 0.15) is 46.5 Å². The third kappa shape index (κ3) is 2.23. The Morgan fingerprint density at radius 2 is 2.00 bits per heavy atom. The molecule has 1 saturated carbocycles. The number of hydrogen-bond donors (Lipinski definition) is 1. The monoisotopic (exact) mass is 185 g/mol. The van der Waals surface area contributed by atoms with Crippen molar-refractivity contribution >= 4 is 0 Å². The molecule has 78 valence electrons. The van der Waals surface area contributed by atoms with Crippen LogP contribution in [-0.4, -0.2) is 34.7 Å². The van der Waals surface area contributed by atoms with Gasteiger partial charge in [0.1, 0.15) is 0 Å². The van der Waals surface area contributed by atoms with Gasteiger partial charge in [-0.25, -0.2) is 0 Å². The van der Waals surface area contributed by atoms with Gasteiger partial charge in [-0.15, -0.1) is 0 Å². The van der Waals surface area contributed by atoms with E-state index in [0.717, 1.165) is 19.3 Å². The van der Waals surface area contributed by atoms with Crippen LogP contribution in [0.5, 0.6) is 0 Å². The number of nitrogens with zero attached hydrogens (tertiary/aromatic N) is 1. The van der Waals surface area contributed by atoms with Crippen molar-refractivity contribution in [2.45, 2.75) is 64.1 Å². The Kier molecular flexibility index (Phi) is 3.36. The molecule has 2 atom stereocenters. The topological polar surface area (TPSA) is 23.5 Å². The number of rotatable bonds is 3. The number of likely N-dealkylation sites (N-methyl/N-ethyl adjacent to an activating group) is 1. The Bertz CT molecular complexity index is 167. The molecule has 1 fully saturated rings. The number of aliphatic hydroxyl groups is 1. The third-order valence-corrected chi connectivity index (χ3v) is 3.76. The van der Waals surface area contributed by atoms with Gasteiger partial charge >= 0.3 is 0 Å². The van der Waals surface area contributed by atoms with Gasteiger partial charge in [0.25, 0.3) is 0 Å². The molecule has 1 aliphatic carbocycles. The van der Waals surface area contributed by atoms with Crippen LogP contribution in [0.25, 0.3) is 0 Å². The van der Waals surface area contributed by atoms with Gasteiger partial charge in [0.15, 0.2) is 0 Å². The van der Waals surface area contributed by atoms with E-state index in [2.05, 4.69) is 32.7 Å². The maximum absolute atomic E-state index is 9.78. The summed E-state index contributed by atoms with van der Waals surface area (Å²) in [5.41, 5.74) is 0.218. The molecule has 2 heteroatoms. The molecule has 0 saturated heterocycles. The Labute approximate surface area is 81.9 Å². The maximum Gasteiger partial charge on any atom is 0.0695 e. The Hall–Kier alpha value is -0.0800. The fourth-order valence-electron chi connectivity index (χ4n) is 2.07. The van der Waals surface area contributed by atoms with Crippen LogP contribution in [0, 0.1) is 0 Å². The van der Waals surface area contributed by atoms with Gasteiger partial charge in [0, 0.05) is 11.6 Å². The molecular weight excluding hydrogens is 162 g/mol. The highest BCUT2D eigenvalue weighted by atomic mass is 16.3. The van der Waals surface area contributed by atoms with Crippen LogP contribution in [0.15, 0.2) is 0 Å². The first-order chi connectivity index (χ1) is 5.99. The SMILES string of the molecule is CCC(C)(C)N(C)[C@H]1CCC[C@@H]1O. The highest BCUT2D eigenvalue weighted by Crippen LogP contribution is 2.29. The summed E-state index contributed by atoms with van der Waals surface area (Å²) >= 11 is 0. The molecule has 0 aromatic rings. The molecule has 0 unspecified atom stereocenters. The Morgan fingerprint density at radius 3 is 2.38 bits per heavy atom. The zero-order valence-corrected chi connectivity index (χ0v) is 9.38. The lowest BCUT2D eigenvalue weighted by atomic mass is 9.97. The minimum absolute atomic E-state index is 0.101. The summed E-state index contributed by atoms with van der Waals surface area (Å²) < 4.78 is 0. The predicted octanol–water partition coefficient (Wildman–Crippen LogP) is 2.02. The van der Waals surface area contributed by atoms with Crippen molar-refractivity contribution in [3.8, 4) is 0 Å². The summed E-state index contributed by atoms with van der Waals surface area (Å²) in [4.78, 5) is 2.35. The van der Waals surface area contributed by atoms with Crippen LogP contribution in [-0.2, 0) is 0 Å². The summed E-state index contributed by atoms with van der Waals surface area (Å²) in [6.45, 7) is 6.70. The highest BCUT2D eigenvalue weighted by molar-refractivity contribution is 4.90. The lowest BCUT2D eigenvalue weighted by molar-refractivity contribution is 0.0264. The third-order valence-electron chi connectivity index (χ3n) is 3.76. The second kappa shape index (κ2) is 3.97. The molecule has 1 aliphatic rings. The standard InChI is InChI=1S/C11H23NO/c1-5-11(2,3)12(4)9-7-6-8-10(9)13/h9-10,13H,5-8H2,1-4H3/t9-,10-/m0/s1. The van der Waals surface area contributed by atoms with Gasteiger partial charge in [-0.1, -0.05) is 6.92 Å². The first-order valence-electron chi connectivity index (χ1n) is 5.40. The summed E-state index contributed by atoms with van der Waals surface area (Å²) in [7, 11) is 2.14. The summed E-state index contributed by atoms with van der Waals surface area (Å²) in [6.07, 6.45) is 4.34. The zero-order valence-electron chi connectivity index (χ0n) is 9.38. The molecule has 2 nitrogen and oxygen atoms in total. The van der Waals surface area contributed by atoms with Crippen LogP contribution in [0.2, 0.25) is 0 Å². The molecule has 0 spiro atoms. The molecule has 1 N–H and O–H groups in total. The number of hydrogen-bond acceptors (Lipinski definition) is 2. The van der Waals surface area contributed by atoms with Gasteiger partial charge in [0.05, 0.1) is 6.10 Å². The van der Waals surface area contributed by atoms with E-state index in [0.29, 0.717) is 6.04 Å². The van der Waals surface area contributed by atoms with Gasteiger partial charge in [-0.2, -0.15) is 0 Å². The van der Waals surface area contributed by atoms with E-state index >= 15 is 0 Å². The Balaban J connectivity index is 2.60. The average Bonchev–Trinajstić information content (AvgIpc) is 2.50. The van der Waals surface area contributed by atoms with Crippen LogP contribution in [0.4, 0.5) is 0 Å². The average molecular weight is 185 g/mol. The fraction of sp³-hybridized carbons (Fsp3) is 1.00. The molecule has 0 heterocycles. The molecule has 0 amide bonds. The van der Waals surface area contributed by atoms with Crippen LogP contribution >= 0.6 is 0 Å². The minimum Gasteiger partial charge on any atom is -0.391 e. The van der Waals surface area contributed by atoms with E-state index in [-0.39, 0.29) is 11.6 Å². The number of aliphatic hydroxyl groups excluding tert-OH is 1.